The van der Waals surface area contributed by atoms with Crippen molar-refractivity contribution in [3.63, 3.8) is 0 Å². The molecule has 1 fully saturated rings. The Morgan fingerprint density at radius 3 is 2.46 bits per heavy atom. The SMILES string of the molecule is CCCC(=O)ON(Cc1ccccc1)CC1CN(Cc2ccccc2)CCO1. The summed E-state index contributed by atoms with van der Waals surface area (Å²) in [6.07, 6.45) is 1.22. The van der Waals surface area contributed by atoms with Gasteiger partial charge in [-0.2, -0.15) is 0 Å². The van der Waals surface area contributed by atoms with Crippen LogP contribution in [0.1, 0.15) is 30.9 Å². The number of carbonyl (C=O) groups excluding carboxylic acids is 1. The van der Waals surface area contributed by atoms with Gasteiger partial charge in [-0.05, 0) is 17.5 Å². The normalized spacial score (nSPS) is 17.6. The molecule has 1 aliphatic heterocycles. The van der Waals surface area contributed by atoms with Crippen molar-refractivity contribution in [2.45, 2.75) is 39.0 Å². The van der Waals surface area contributed by atoms with Crippen LogP contribution in [0.4, 0.5) is 0 Å². The zero-order chi connectivity index (χ0) is 19.6. The molecule has 0 aromatic heterocycles. The van der Waals surface area contributed by atoms with Crippen LogP contribution in [0, 0.1) is 0 Å². The van der Waals surface area contributed by atoms with E-state index in [2.05, 4.69) is 29.2 Å². The molecular formula is C23H30N2O3. The van der Waals surface area contributed by atoms with Crippen LogP contribution in [0.25, 0.3) is 0 Å². The van der Waals surface area contributed by atoms with Crippen LogP contribution in [-0.2, 0) is 27.5 Å². The fourth-order valence-electron chi connectivity index (χ4n) is 3.42. The lowest BCUT2D eigenvalue weighted by molar-refractivity contribution is -0.204. The van der Waals surface area contributed by atoms with Gasteiger partial charge in [0.05, 0.1) is 25.8 Å². The quantitative estimate of drug-likeness (QED) is 0.620. The van der Waals surface area contributed by atoms with Gasteiger partial charge in [-0.3, -0.25) is 9.69 Å². The van der Waals surface area contributed by atoms with Gasteiger partial charge in [-0.15, -0.1) is 5.06 Å². The van der Waals surface area contributed by atoms with Gasteiger partial charge in [0.15, 0.2) is 0 Å². The number of nitrogens with zero attached hydrogens (tertiary/aromatic N) is 2. The Bertz CT molecular complexity index is 708. The van der Waals surface area contributed by atoms with Crippen molar-refractivity contribution < 1.29 is 14.4 Å². The van der Waals surface area contributed by atoms with Crippen molar-refractivity contribution >= 4 is 5.97 Å². The van der Waals surface area contributed by atoms with Crippen molar-refractivity contribution in [3.05, 3.63) is 71.8 Å². The van der Waals surface area contributed by atoms with Crippen molar-refractivity contribution in [1.29, 1.82) is 0 Å². The van der Waals surface area contributed by atoms with Crippen molar-refractivity contribution in [1.82, 2.24) is 9.96 Å². The fourth-order valence-corrected chi connectivity index (χ4v) is 3.42. The molecule has 5 nitrogen and oxygen atoms in total. The molecule has 1 atom stereocenters. The van der Waals surface area contributed by atoms with Crippen molar-refractivity contribution in [2.24, 2.45) is 0 Å². The molecule has 1 saturated heterocycles. The third-order valence-electron chi connectivity index (χ3n) is 4.77. The molecule has 28 heavy (non-hydrogen) atoms. The summed E-state index contributed by atoms with van der Waals surface area (Å²) in [5.74, 6) is -0.185. The molecule has 1 heterocycles. The van der Waals surface area contributed by atoms with Gasteiger partial charge in [-0.25, -0.2) is 0 Å². The molecular weight excluding hydrogens is 352 g/mol. The Labute approximate surface area is 167 Å². The fraction of sp³-hybridized carbons (Fsp3) is 0.435. The second kappa shape index (κ2) is 11.0. The van der Waals surface area contributed by atoms with Crippen LogP contribution in [0.3, 0.4) is 0 Å². The number of ether oxygens (including phenoxy) is 1. The number of morpholine rings is 1. The largest absolute Gasteiger partial charge is 0.374 e. The molecule has 0 aliphatic carbocycles. The molecule has 1 aliphatic rings. The van der Waals surface area contributed by atoms with E-state index in [1.165, 1.54) is 5.56 Å². The molecule has 5 heteroatoms. The summed E-state index contributed by atoms with van der Waals surface area (Å²) in [5.41, 5.74) is 2.42. The first-order valence-electron chi connectivity index (χ1n) is 10.1. The lowest BCUT2D eigenvalue weighted by Gasteiger charge is -2.35. The molecule has 0 spiro atoms. The molecule has 0 radical (unpaired) electrons. The number of hydrogen-bond acceptors (Lipinski definition) is 5. The first kappa shape index (κ1) is 20.5. The Hall–Kier alpha value is -2.21. The summed E-state index contributed by atoms with van der Waals surface area (Å²) in [6.45, 7) is 6.46. The van der Waals surface area contributed by atoms with Gasteiger partial charge in [0, 0.05) is 26.1 Å². The first-order chi connectivity index (χ1) is 13.7. The van der Waals surface area contributed by atoms with Crippen LogP contribution >= 0.6 is 0 Å². The average Bonchev–Trinajstić information content (AvgIpc) is 2.70. The summed E-state index contributed by atoms with van der Waals surface area (Å²) in [4.78, 5) is 20.1. The van der Waals surface area contributed by atoms with E-state index >= 15 is 0 Å². The Morgan fingerprint density at radius 1 is 1.11 bits per heavy atom. The molecule has 2 aromatic carbocycles. The molecule has 0 amide bonds. The van der Waals surface area contributed by atoms with E-state index in [9.17, 15) is 4.79 Å². The monoisotopic (exact) mass is 382 g/mol. The molecule has 2 aromatic rings. The topological polar surface area (TPSA) is 42.0 Å². The smallest absolute Gasteiger partial charge is 0.325 e. The highest BCUT2D eigenvalue weighted by molar-refractivity contribution is 5.68. The number of hydroxylamine groups is 2. The third-order valence-corrected chi connectivity index (χ3v) is 4.77. The van der Waals surface area contributed by atoms with Crippen LogP contribution in [0.5, 0.6) is 0 Å². The molecule has 150 valence electrons. The van der Waals surface area contributed by atoms with Gasteiger partial charge < -0.3 is 9.57 Å². The minimum absolute atomic E-state index is 0.00982. The van der Waals surface area contributed by atoms with Gasteiger partial charge in [0.1, 0.15) is 0 Å². The maximum atomic E-state index is 12.1. The van der Waals surface area contributed by atoms with Gasteiger partial charge in [0.2, 0.25) is 0 Å². The average molecular weight is 383 g/mol. The highest BCUT2D eigenvalue weighted by Gasteiger charge is 2.24. The third kappa shape index (κ3) is 6.75. The highest BCUT2D eigenvalue weighted by atomic mass is 16.7. The van der Waals surface area contributed by atoms with Gasteiger partial charge in [-0.1, -0.05) is 67.6 Å². The van der Waals surface area contributed by atoms with Crippen LogP contribution in [0.15, 0.2) is 60.7 Å². The summed E-state index contributed by atoms with van der Waals surface area (Å²) < 4.78 is 5.98. The minimum atomic E-state index is -0.185. The molecule has 0 saturated carbocycles. The Morgan fingerprint density at radius 2 is 1.79 bits per heavy atom. The summed E-state index contributed by atoms with van der Waals surface area (Å²) in [5, 5.41) is 1.75. The standard InChI is InChI=1S/C23H30N2O3/c1-2-9-23(26)28-25(17-21-12-7-4-8-13-21)19-22-18-24(14-15-27-22)16-20-10-5-3-6-11-20/h3-8,10-13,22H,2,9,14-19H2,1H3. The van der Waals surface area contributed by atoms with E-state index in [4.69, 9.17) is 9.57 Å². The van der Waals surface area contributed by atoms with E-state index in [1.54, 1.807) is 5.06 Å². The predicted molar refractivity (Wildman–Crippen MR) is 109 cm³/mol. The first-order valence-corrected chi connectivity index (χ1v) is 10.1. The lowest BCUT2D eigenvalue weighted by Crippen LogP contribution is -2.47. The molecule has 3 rings (SSSR count). The second-order valence-electron chi connectivity index (χ2n) is 7.23. The highest BCUT2D eigenvalue weighted by Crippen LogP contribution is 2.14. The Balaban J connectivity index is 1.59. The summed E-state index contributed by atoms with van der Waals surface area (Å²) in [6, 6.07) is 20.6. The van der Waals surface area contributed by atoms with E-state index in [0.29, 0.717) is 26.1 Å². The van der Waals surface area contributed by atoms with Crippen molar-refractivity contribution in [2.75, 3.05) is 26.2 Å². The molecule has 1 unspecified atom stereocenters. The second-order valence-corrected chi connectivity index (χ2v) is 7.23. The van der Waals surface area contributed by atoms with E-state index < -0.39 is 0 Å². The number of hydrogen-bond donors (Lipinski definition) is 0. The van der Waals surface area contributed by atoms with E-state index in [0.717, 1.165) is 31.6 Å². The number of benzene rings is 2. The van der Waals surface area contributed by atoms with E-state index in [1.807, 2.05) is 43.3 Å². The summed E-state index contributed by atoms with van der Waals surface area (Å²) in [7, 11) is 0. The predicted octanol–water partition coefficient (Wildman–Crippen LogP) is 3.65. The van der Waals surface area contributed by atoms with Crippen LogP contribution in [0.2, 0.25) is 0 Å². The van der Waals surface area contributed by atoms with E-state index in [-0.39, 0.29) is 12.1 Å². The zero-order valence-electron chi connectivity index (χ0n) is 16.6. The van der Waals surface area contributed by atoms with Crippen LogP contribution in [-0.4, -0.2) is 48.3 Å². The maximum absolute atomic E-state index is 12.1. The number of rotatable bonds is 9. The van der Waals surface area contributed by atoms with Crippen LogP contribution < -0.4 is 0 Å². The molecule has 0 bridgehead atoms. The Kier molecular flexibility index (Phi) is 8.03. The van der Waals surface area contributed by atoms with Gasteiger partial charge >= 0.3 is 5.97 Å². The molecule has 0 N–H and O–H groups in total. The summed E-state index contributed by atoms with van der Waals surface area (Å²) >= 11 is 0. The van der Waals surface area contributed by atoms with Gasteiger partial charge in [0.25, 0.3) is 0 Å². The maximum Gasteiger partial charge on any atom is 0.325 e. The zero-order valence-corrected chi connectivity index (χ0v) is 16.6. The van der Waals surface area contributed by atoms with Crippen molar-refractivity contribution in [3.8, 4) is 0 Å². The lowest BCUT2D eigenvalue weighted by atomic mass is 10.2. The minimum Gasteiger partial charge on any atom is -0.374 e. The number of carbonyl (C=O) groups is 1.